The molecule has 3 heterocycles. The quantitative estimate of drug-likeness (QED) is 0.593. The summed E-state index contributed by atoms with van der Waals surface area (Å²) in [7, 11) is 1.62. The molecule has 2 aromatic rings. The van der Waals surface area contributed by atoms with Crippen molar-refractivity contribution in [3.8, 4) is 5.75 Å². The summed E-state index contributed by atoms with van der Waals surface area (Å²) in [5, 5.41) is 4.51. The zero-order valence-electron chi connectivity index (χ0n) is 14.2. The van der Waals surface area contributed by atoms with Crippen LogP contribution >= 0.6 is 24.0 Å². The molecule has 0 atom stereocenters. The molecule has 2 saturated heterocycles. The fraction of sp³-hybridized carbons (Fsp3) is 0.278. The van der Waals surface area contributed by atoms with E-state index in [1.54, 1.807) is 18.2 Å². The van der Waals surface area contributed by atoms with Crippen LogP contribution in [0.2, 0.25) is 0 Å². The minimum atomic E-state index is -0.108. The van der Waals surface area contributed by atoms with Crippen molar-refractivity contribution >= 4 is 51.2 Å². The number of hydrogen-bond donors (Lipinski definition) is 0. The van der Waals surface area contributed by atoms with Gasteiger partial charge in [-0.25, -0.2) is 15.0 Å². The van der Waals surface area contributed by atoms with Gasteiger partial charge in [-0.15, -0.1) is 0 Å². The first-order chi connectivity index (χ1) is 12.7. The van der Waals surface area contributed by atoms with Crippen molar-refractivity contribution in [2.45, 2.75) is 0 Å². The number of rotatable bonds is 3. The number of para-hydroxylation sites is 1. The van der Waals surface area contributed by atoms with E-state index < -0.39 is 0 Å². The highest BCUT2D eigenvalue weighted by Crippen LogP contribution is 2.34. The van der Waals surface area contributed by atoms with Gasteiger partial charge in [-0.05, 0) is 18.2 Å². The summed E-state index contributed by atoms with van der Waals surface area (Å²) in [4.78, 5) is 18.0. The van der Waals surface area contributed by atoms with Gasteiger partial charge in [0.05, 0.1) is 30.9 Å². The molecule has 0 aliphatic carbocycles. The molecule has 0 unspecified atom stereocenters. The number of methoxy groups -OCH3 is 1. The van der Waals surface area contributed by atoms with Crippen LogP contribution in [-0.4, -0.2) is 58.6 Å². The van der Waals surface area contributed by atoms with E-state index in [0.717, 1.165) is 10.9 Å². The molecular formula is C18H17N3O3S2. The Hall–Kier alpha value is -2.00. The summed E-state index contributed by atoms with van der Waals surface area (Å²) in [5.74, 6) is 0.599. The lowest BCUT2D eigenvalue weighted by molar-refractivity contribution is -0.138. The molecule has 2 aliphatic heterocycles. The number of hydrazine groups is 1. The van der Waals surface area contributed by atoms with Gasteiger partial charge in [0.1, 0.15) is 11.3 Å². The van der Waals surface area contributed by atoms with Gasteiger partial charge in [0.25, 0.3) is 5.91 Å². The van der Waals surface area contributed by atoms with E-state index in [0.29, 0.717) is 47.0 Å². The summed E-state index contributed by atoms with van der Waals surface area (Å²) < 4.78 is 11.3. The number of amides is 1. The fourth-order valence-corrected chi connectivity index (χ4v) is 4.27. The van der Waals surface area contributed by atoms with Gasteiger partial charge in [0, 0.05) is 18.5 Å². The number of pyridine rings is 1. The summed E-state index contributed by atoms with van der Waals surface area (Å²) in [6, 6.07) is 9.64. The van der Waals surface area contributed by atoms with Crippen molar-refractivity contribution < 1.29 is 14.3 Å². The Morgan fingerprint density at radius 3 is 2.85 bits per heavy atom. The number of fused-ring (bicyclic) bond motifs is 1. The Morgan fingerprint density at radius 2 is 2.08 bits per heavy atom. The summed E-state index contributed by atoms with van der Waals surface area (Å²) in [5.41, 5.74) is 1.47. The number of aromatic nitrogens is 1. The summed E-state index contributed by atoms with van der Waals surface area (Å²) in [6.07, 6.45) is 1.78. The van der Waals surface area contributed by atoms with Gasteiger partial charge in [-0.1, -0.05) is 42.2 Å². The third-order valence-electron chi connectivity index (χ3n) is 4.25. The van der Waals surface area contributed by atoms with Crippen molar-refractivity contribution in [3.63, 3.8) is 0 Å². The molecule has 0 radical (unpaired) electrons. The van der Waals surface area contributed by atoms with Gasteiger partial charge in [0.15, 0.2) is 4.32 Å². The number of nitrogens with zero attached hydrogens (tertiary/aromatic N) is 3. The van der Waals surface area contributed by atoms with E-state index in [9.17, 15) is 4.79 Å². The molecule has 0 N–H and O–H groups in total. The Labute approximate surface area is 160 Å². The number of benzene rings is 1. The minimum Gasteiger partial charge on any atom is -0.494 e. The Morgan fingerprint density at radius 1 is 1.27 bits per heavy atom. The number of thiocarbonyl (C=S) groups is 1. The molecule has 0 saturated carbocycles. The van der Waals surface area contributed by atoms with Crippen LogP contribution in [0.15, 0.2) is 35.2 Å². The van der Waals surface area contributed by atoms with E-state index in [4.69, 9.17) is 21.7 Å². The maximum atomic E-state index is 12.8. The van der Waals surface area contributed by atoms with Crippen LogP contribution in [0, 0.1) is 0 Å². The van der Waals surface area contributed by atoms with Gasteiger partial charge in [0.2, 0.25) is 0 Å². The number of ether oxygens (including phenoxy) is 2. The van der Waals surface area contributed by atoms with E-state index in [1.165, 1.54) is 11.8 Å². The molecule has 134 valence electrons. The maximum Gasteiger partial charge on any atom is 0.281 e. The van der Waals surface area contributed by atoms with Crippen LogP contribution in [0.4, 0.5) is 0 Å². The zero-order chi connectivity index (χ0) is 18.1. The van der Waals surface area contributed by atoms with Crippen LogP contribution in [0.1, 0.15) is 5.69 Å². The molecular weight excluding hydrogens is 370 g/mol. The van der Waals surface area contributed by atoms with E-state index in [1.807, 2.05) is 35.3 Å². The summed E-state index contributed by atoms with van der Waals surface area (Å²) in [6.45, 7) is 2.51. The second-order valence-corrected chi connectivity index (χ2v) is 7.50. The molecule has 1 aromatic heterocycles. The van der Waals surface area contributed by atoms with Gasteiger partial charge in [-0.2, -0.15) is 0 Å². The Kier molecular flexibility index (Phi) is 4.90. The maximum absolute atomic E-state index is 12.8. The predicted molar refractivity (Wildman–Crippen MR) is 106 cm³/mol. The molecule has 0 spiro atoms. The second-order valence-electron chi connectivity index (χ2n) is 5.83. The van der Waals surface area contributed by atoms with E-state index in [2.05, 4.69) is 4.98 Å². The van der Waals surface area contributed by atoms with Gasteiger partial charge in [-0.3, -0.25) is 4.79 Å². The van der Waals surface area contributed by atoms with Gasteiger partial charge >= 0.3 is 0 Å². The number of carbonyl (C=O) groups is 1. The van der Waals surface area contributed by atoms with Crippen LogP contribution in [0.25, 0.3) is 17.0 Å². The molecule has 6 nitrogen and oxygen atoms in total. The average Bonchev–Trinajstić information content (AvgIpc) is 2.95. The lowest BCUT2D eigenvalue weighted by atomic mass is 10.2. The molecule has 2 aliphatic rings. The third-order valence-corrected chi connectivity index (χ3v) is 5.53. The van der Waals surface area contributed by atoms with Crippen LogP contribution in [0.3, 0.4) is 0 Å². The second kappa shape index (κ2) is 7.32. The molecule has 26 heavy (non-hydrogen) atoms. The highest BCUT2D eigenvalue weighted by molar-refractivity contribution is 8.26. The van der Waals surface area contributed by atoms with E-state index in [-0.39, 0.29) is 5.91 Å². The molecule has 1 aromatic carbocycles. The monoisotopic (exact) mass is 387 g/mol. The first kappa shape index (κ1) is 17.4. The predicted octanol–water partition coefficient (Wildman–Crippen LogP) is 2.69. The van der Waals surface area contributed by atoms with Crippen molar-refractivity contribution in [1.82, 2.24) is 15.0 Å². The van der Waals surface area contributed by atoms with Crippen molar-refractivity contribution in [2.24, 2.45) is 0 Å². The third kappa shape index (κ3) is 3.21. The standard InChI is InChI=1S/C18H17N3O3S2/c1-23-14-4-2-3-12-5-6-13(19-16(12)14)11-15-17(22)21(18(25)26-15)20-7-9-24-10-8-20/h2-6,11H,7-10H2,1H3. The van der Waals surface area contributed by atoms with Gasteiger partial charge < -0.3 is 9.47 Å². The van der Waals surface area contributed by atoms with Crippen LogP contribution in [0.5, 0.6) is 5.75 Å². The SMILES string of the molecule is COc1cccc2ccc(C=C3SC(=S)N(N4CCOCC4)C3=O)nc12. The molecule has 2 fully saturated rings. The molecule has 0 bridgehead atoms. The number of morpholine rings is 1. The first-order valence-corrected chi connectivity index (χ1v) is 9.44. The smallest absolute Gasteiger partial charge is 0.281 e. The first-order valence-electron chi connectivity index (χ1n) is 8.22. The largest absolute Gasteiger partial charge is 0.494 e. The number of hydrogen-bond acceptors (Lipinski definition) is 7. The average molecular weight is 387 g/mol. The minimum absolute atomic E-state index is 0.108. The van der Waals surface area contributed by atoms with Crippen molar-refractivity contribution in [1.29, 1.82) is 0 Å². The fourth-order valence-electron chi connectivity index (χ4n) is 2.97. The van der Waals surface area contributed by atoms with Crippen molar-refractivity contribution in [3.05, 3.63) is 40.9 Å². The lowest BCUT2D eigenvalue weighted by Crippen LogP contribution is -2.50. The summed E-state index contributed by atoms with van der Waals surface area (Å²) >= 11 is 6.71. The lowest BCUT2D eigenvalue weighted by Gasteiger charge is -2.33. The Balaban J connectivity index is 1.65. The molecule has 8 heteroatoms. The van der Waals surface area contributed by atoms with Crippen LogP contribution in [-0.2, 0) is 9.53 Å². The normalized spacial score (nSPS) is 20.3. The topological polar surface area (TPSA) is 54.9 Å². The van der Waals surface area contributed by atoms with E-state index >= 15 is 0 Å². The number of carbonyl (C=O) groups excluding carboxylic acids is 1. The van der Waals surface area contributed by atoms with Crippen LogP contribution < -0.4 is 4.74 Å². The number of thioether (sulfide) groups is 1. The highest BCUT2D eigenvalue weighted by atomic mass is 32.2. The highest BCUT2D eigenvalue weighted by Gasteiger charge is 2.37. The Bertz CT molecular complexity index is 910. The molecule has 1 amide bonds. The van der Waals surface area contributed by atoms with Crippen molar-refractivity contribution in [2.75, 3.05) is 33.4 Å². The molecule has 4 rings (SSSR count). The zero-order valence-corrected chi connectivity index (χ0v) is 15.8.